The van der Waals surface area contributed by atoms with E-state index in [2.05, 4.69) is 78.8 Å². The van der Waals surface area contributed by atoms with Gasteiger partial charge in [0.25, 0.3) is 0 Å². The molecule has 1 atom stereocenters. The molecule has 0 N–H and O–H groups in total. The van der Waals surface area contributed by atoms with Crippen LogP contribution in [0.3, 0.4) is 0 Å². The van der Waals surface area contributed by atoms with Crippen molar-refractivity contribution in [3.63, 3.8) is 0 Å². The van der Waals surface area contributed by atoms with Gasteiger partial charge in [-0.15, -0.1) is 0 Å². The predicted octanol–water partition coefficient (Wildman–Crippen LogP) is 3.60. The summed E-state index contributed by atoms with van der Waals surface area (Å²) in [6.07, 6.45) is 1.87. The molecule has 1 aromatic carbocycles. The van der Waals surface area contributed by atoms with Crippen molar-refractivity contribution < 1.29 is 0 Å². The van der Waals surface area contributed by atoms with E-state index in [1.54, 1.807) is 0 Å². The van der Waals surface area contributed by atoms with E-state index >= 15 is 0 Å². The van der Waals surface area contributed by atoms with E-state index in [0.717, 1.165) is 52.1 Å². The maximum Gasteiger partial charge on any atom is 0.112 e. The van der Waals surface area contributed by atoms with Gasteiger partial charge < -0.3 is 4.90 Å². The third kappa shape index (κ3) is 4.71. The van der Waals surface area contributed by atoms with Gasteiger partial charge in [0.15, 0.2) is 0 Å². The van der Waals surface area contributed by atoms with E-state index < -0.39 is 0 Å². The lowest BCUT2D eigenvalue weighted by Gasteiger charge is -2.54. The third-order valence-electron chi connectivity index (χ3n) is 6.40. The van der Waals surface area contributed by atoms with Crippen molar-refractivity contribution in [2.75, 3.05) is 39.3 Å². The zero-order valence-corrected chi connectivity index (χ0v) is 17.6. The molecule has 2 aliphatic rings. The van der Waals surface area contributed by atoms with Crippen LogP contribution in [-0.2, 0) is 6.54 Å². The molecule has 0 aromatic heterocycles. The topological polar surface area (TPSA) is 33.5 Å². The maximum absolute atomic E-state index is 10.2. The van der Waals surface area contributed by atoms with Gasteiger partial charge in [-0.25, -0.2) is 0 Å². The monoisotopic (exact) mass is 368 g/mol. The Morgan fingerprint density at radius 3 is 2.26 bits per heavy atom. The summed E-state index contributed by atoms with van der Waals surface area (Å²) in [4.78, 5) is 7.61. The first kappa shape index (κ1) is 20.3. The first-order valence-electron chi connectivity index (χ1n) is 10.5. The smallest absolute Gasteiger partial charge is 0.112 e. The van der Waals surface area contributed by atoms with Crippen molar-refractivity contribution >= 4 is 0 Å². The van der Waals surface area contributed by atoms with Gasteiger partial charge in [-0.05, 0) is 38.2 Å². The summed E-state index contributed by atoms with van der Waals surface area (Å²) in [6.45, 7) is 16.6. The largest absolute Gasteiger partial charge is 0.301 e. The molecule has 2 saturated heterocycles. The highest BCUT2D eigenvalue weighted by atomic mass is 15.3. The number of benzene rings is 1. The number of piperidine rings is 1. The SMILES string of the molecule is CC(C)CN1CCN(C2(C#N)CCN(Cc3ccccc3)C(C)(C)C2)CC1. The van der Waals surface area contributed by atoms with E-state index in [9.17, 15) is 5.26 Å². The fourth-order valence-corrected chi connectivity index (χ4v) is 4.95. The zero-order valence-electron chi connectivity index (χ0n) is 17.6. The van der Waals surface area contributed by atoms with Crippen LogP contribution >= 0.6 is 0 Å². The Hall–Kier alpha value is -1.41. The number of hydrogen-bond donors (Lipinski definition) is 0. The van der Waals surface area contributed by atoms with Crippen molar-refractivity contribution in [3.8, 4) is 6.07 Å². The molecule has 0 saturated carbocycles. The standard InChI is InChI=1S/C23H36N4/c1-20(2)16-25-12-14-26(15-13-25)23(19-24)10-11-27(22(3,4)18-23)17-21-8-6-5-7-9-21/h5-9,20H,10-18H2,1-4H3. The van der Waals surface area contributed by atoms with Gasteiger partial charge in [0.1, 0.15) is 5.54 Å². The van der Waals surface area contributed by atoms with Gasteiger partial charge in [-0.1, -0.05) is 44.2 Å². The Balaban J connectivity index is 1.65. The highest BCUT2D eigenvalue weighted by Gasteiger charge is 2.48. The molecule has 0 bridgehead atoms. The molecule has 4 nitrogen and oxygen atoms in total. The Bertz CT molecular complexity index is 640. The highest BCUT2D eigenvalue weighted by molar-refractivity contribution is 5.19. The van der Waals surface area contributed by atoms with Crippen LogP contribution in [0.5, 0.6) is 0 Å². The molecule has 0 spiro atoms. The van der Waals surface area contributed by atoms with E-state index in [-0.39, 0.29) is 11.1 Å². The number of piperazine rings is 1. The van der Waals surface area contributed by atoms with Crippen LogP contribution in [-0.4, -0.2) is 65.0 Å². The minimum absolute atomic E-state index is 0.0267. The van der Waals surface area contributed by atoms with Crippen molar-refractivity contribution in [2.24, 2.45) is 5.92 Å². The second-order valence-corrected chi connectivity index (χ2v) is 9.47. The summed E-state index contributed by atoms with van der Waals surface area (Å²) < 4.78 is 0. The molecule has 0 amide bonds. The van der Waals surface area contributed by atoms with E-state index in [4.69, 9.17) is 0 Å². The molecule has 0 aliphatic carbocycles. The predicted molar refractivity (Wildman–Crippen MR) is 111 cm³/mol. The Morgan fingerprint density at radius 2 is 1.70 bits per heavy atom. The van der Waals surface area contributed by atoms with E-state index in [0.29, 0.717) is 5.92 Å². The second kappa shape index (κ2) is 8.31. The summed E-state index contributed by atoms with van der Waals surface area (Å²) >= 11 is 0. The van der Waals surface area contributed by atoms with E-state index in [1.807, 2.05) is 0 Å². The molecular formula is C23H36N4. The van der Waals surface area contributed by atoms with Crippen molar-refractivity contribution in [1.82, 2.24) is 14.7 Å². The van der Waals surface area contributed by atoms with E-state index in [1.165, 1.54) is 12.1 Å². The Kier molecular flexibility index (Phi) is 6.25. The average Bonchev–Trinajstić information content (AvgIpc) is 2.64. The highest BCUT2D eigenvalue weighted by Crippen LogP contribution is 2.39. The van der Waals surface area contributed by atoms with Gasteiger partial charge in [0.05, 0.1) is 6.07 Å². The molecule has 2 aliphatic heterocycles. The molecule has 1 aromatic rings. The molecule has 27 heavy (non-hydrogen) atoms. The van der Waals surface area contributed by atoms with Crippen molar-refractivity contribution in [3.05, 3.63) is 35.9 Å². The van der Waals surface area contributed by atoms with Gasteiger partial charge in [0, 0.05) is 51.4 Å². The lowest BCUT2D eigenvalue weighted by molar-refractivity contribution is -0.0360. The lowest BCUT2D eigenvalue weighted by atomic mass is 9.76. The number of rotatable bonds is 5. The number of nitriles is 1. The Morgan fingerprint density at radius 1 is 1.04 bits per heavy atom. The second-order valence-electron chi connectivity index (χ2n) is 9.47. The van der Waals surface area contributed by atoms with Crippen LogP contribution < -0.4 is 0 Å². The zero-order chi connectivity index (χ0) is 19.5. The molecule has 0 radical (unpaired) electrons. The van der Waals surface area contributed by atoms with Crippen LogP contribution in [0, 0.1) is 17.2 Å². The van der Waals surface area contributed by atoms with Crippen molar-refractivity contribution in [2.45, 2.75) is 58.2 Å². The fraction of sp³-hybridized carbons (Fsp3) is 0.696. The summed E-state index contributed by atoms with van der Waals surface area (Å²) in [6, 6.07) is 13.5. The molecular weight excluding hydrogens is 332 g/mol. The summed E-state index contributed by atoms with van der Waals surface area (Å²) in [5.74, 6) is 0.710. The molecule has 1 unspecified atom stereocenters. The third-order valence-corrected chi connectivity index (χ3v) is 6.40. The van der Waals surface area contributed by atoms with Gasteiger partial charge in [-0.2, -0.15) is 5.26 Å². The summed E-state index contributed by atoms with van der Waals surface area (Å²) in [5, 5.41) is 10.2. The van der Waals surface area contributed by atoms with Crippen LogP contribution in [0.15, 0.2) is 30.3 Å². The number of likely N-dealkylation sites (tertiary alicyclic amines) is 1. The number of hydrogen-bond acceptors (Lipinski definition) is 4. The molecule has 2 heterocycles. The first-order valence-corrected chi connectivity index (χ1v) is 10.5. The molecule has 3 rings (SSSR count). The van der Waals surface area contributed by atoms with Gasteiger partial charge in [0.2, 0.25) is 0 Å². The molecule has 148 valence electrons. The minimum Gasteiger partial charge on any atom is -0.301 e. The first-order chi connectivity index (χ1) is 12.8. The van der Waals surface area contributed by atoms with Crippen LogP contribution in [0.2, 0.25) is 0 Å². The van der Waals surface area contributed by atoms with Crippen LogP contribution in [0.25, 0.3) is 0 Å². The van der Waals surface area contributed by atoms with Crippen LogP contribution in [0.1, 0.15) is 46.1 Å². The van der Waals surface area contributed by atoms with Crippen molar-refractivity contribution in [1.29, 1.82) is 5.26 Å². The van der Waals surface area contributed by atoms with Gasteiger partial charge in [-0.3, -0.25) is 9.80 Å². The average molecular weight is 369 g/mol. The number of nitrogens with zero attached hydrogens (tertiary/aromatic N) is 4. The minimum atomic E-state index is -0.305. The summed E-state index contributed by atoms with van der Waals surface area (Å²) in [7, 11) is 0. The molecule has 4 heteroatoms. The fourth-order valence-electron chi connectivity index (χ4n) is 4.95. The van der Waals surface area contributed by atoms with Crippen LogP contribution in [0.4, 0.5) is 0 Å². The normalized spacial score (nSPS) is 27.6. The van der Waals surface area contributed by atoms with Gasteiger partial charge >= 0.3 is 0 Å². The molecule has 2 fully saturated rings. The lowest BCUT2D eigenvalue weighted by Crippen LogP contribution is -2.64. The summed E-state index contributed by atoms with van der Waals surface area (Å²) in [5.41, 5.74) is 1.08. The quantitative estimate of drug-likeness (QED) is 0.795. The Labute approximate surface area is 165 Å². The maximum atomic E-state index is 10.2.